The van der Waals surface area contributed by atoms with Crippen molar-refractivity contribution >= 4 is 17.2 Å². The third-order valence-corrected chi connectivity index (χ3v) is 5.76. The van der Waals surface area contributed by atoms with Crippen molar-refractivity contribution in [2.24, 2.45) is 0 Å². The van der Waals surface area contributed by atoms with E-state index in [1.165, 1.54) is 4.88 Å². The van der Waals surface area contributed by atoms with Gasteiger partial charge in [-0.25, -0.2) is 0 Å². The first kappa shape index (κ1) is 17.1. The molecule has 0 aliphatic carbocycles. The lowest BCUT2D eigenvalue weighted by molar-refractivity contribution is -0.133. The Balaban J connectivity index is 1.64. The van der Waals surface area contributed by atoms with Gasteiger partial charge in [-0.3, -0.25) is 9.69 Å². The summed E-state index contributed by atoms with van der Waals surface area (Å²) in [5.74, 6) is 1.50. The van der Waals surface area contributed by atoms with Gasteiger partial charge in [0.05, 0.1) is 18.6 Å². The highest BCUT2D eigenvalue weighted by Gasteiger charge is 2.32. The summed E-state index contributed by atoms with van der Waals surface area (Å²) in [5, 5.41) is 6.14. The zero-order valence-electron chi connectivity index (χ0n) is 14.4. The van der Waals surface area contributed by atoms with Crippen LogP contribution in [-0.2, 0) is 11.2 Å². The first-order valence-electron chi connectivity index (χ1n) is 8.45. The molecule has 0 bridgehead atoms. The van der Waals surface area contributed by atoms with Crippen LogP contribution in [0, 0.1) is 0 Å². The van der Waals surface area contributed by atoms with Crippen LogP contribution in [0.15, 0.2) is 22.0 Å². The number of aryl methyl sites for hydroxylation is 1. The molecule has 1 fully saturated rings. The van der Waals surface area contributed by atoms with Crippen LogP contribution < -0.4 is 0 Å². The molecule has 2 unspecified atom stereocenters. The molecule has 1 saturated heterocycles. The van der Waals surface area contributed by atoms with E-state index in [1.807, 2.05) is 30.3 Å². The zero-order chi connectivity index (χ0) is 17.1. The predicted molar refractivity (Wildman–Crippen MR) is 92.7 cm³/mol. The molecule has 24 heavy (non-hydrogen) atoms. The second-order valence-corrected chi connectivity index (χ2v) is 7.20. The van der Waals surface area contributed by atoms with Crippen LogP contribution in [-0.4, -0.2) is 46.0 Å². The van der Waals surface area contributed by atoms with Crippen LogP contribution >= 0.6 is 11.3 Å². The average Bonchev–Trinajstić information content (AvgIpc) is 3.33. The van der Waals surface area contributed by atoms with Crippen molar-refractivity contribution in [3.8, 4) is 0 Å². The van der Waals surface area contributed by atoms with Crippen molar-refractivity contribution in [2.75, 3.05) is 20.1 Å². The summed E-state index contributed by atoms with van der Waals surface area (Å²) in [6.07, 6.45) is 2.76. The van der Waals surface area contributed by atoms with Crippen LogP contribution in [0.3, 0.4) is 0 Å². The smallest absolute Gasteiger partial charge is 0.237 e. The molecule has 2 aromatic heterocycles. The van der Waals surface area contributed by atoms with E-state index >= 15 is 0 Å². The Morgan fingerprint density at radius 3 is 3.08 bits per heavy atom. The molecular weight excluding hydrogens is 324 g/mol. The maximum absolute atomic E-state index is 12.7. The van der Waals surface area contributed by atoms with Crippen molar-refractivity contribution in [1.29, 1.82) is 0 Å². The fraction of sp³-hybridized carbons (Fsp3) is 0.588. The molecular formula is C17H24N4O2S. The number of hydrogen-bond donors (Lipinski definition) is 0. The van der Waals surface area contributed by atoms with E-state index in [0.717, 1.165) is 25.8 Å². The highest BCUT2D eigenvalue weighted by atomic mass is 32.1. The monoisotopic (exact) mass is 348 g/mol. The van der Waals surface area contributed by atoms with Crippen molar-refractivity contribution in [3.05, 3.63) is 34.1 Å². The topological polar surface area (TPSA) is 62.5 Å². The van der Waals surface area contributed by atoms with Gasteiger partial charge in [0.1, 0.15) is 0 Å². The molecule has 130 valence electrons. The molecule has 3 heterocycles. The van der Waals surface area contributed by atoms with Crippen molar-refractivity contribution < 1.29 is 9.32 Å². The third kappa shape index (κ3) is 3.52. The molecule has 0 radical (unpaired) electrons. The van der Waals surface area contributed by atoms with Gasteiger partial charge in [0, 0.05) is 18.3 Å². The van der Waals surface area contributed by atoms with Crippen LogP contribution in [0.1, 0.15) is 55.4 Å². The van der Waals surface area contributed by atoms with Gasteiger partial charge in [-0.15, -0.1) is 11.3 Å². The molecule has 1 amide bonds. The number of thiophene rings is 1. The third-order valence-electron chi connectivity index (χ3n) is 4.72. The van der Waals surface area contributed by atoms with Gasteiger partial charge in [0.25, 0.3) is 0 Å². The van der Waals surface area contributed by atoms with Gasteiger partial charge in [-0.05, 0) is 37.8 Å². The molecule has 2 atom stereocenters. The van der Waals surface area contributed by atoms with Gasteiger partial charge < -0.3 is 9.42 Å². The highest BCUT2D eigenvalue weighted by Crippen LogP contribution is 2.30. The van der Waals surface area contributed by atoms with Gasteiger partial charge in [-0.1, -0.05) is 18.1 Å². The minimum Gasteiger partial charge on any atom is -0.339 e. The fourth-order valence-electron chi connectivity index (χ4n) is 3.08. The van der Waals surface area contributed by atoms with Crippen molar-refractivity contribution in [1.82, 2.24) is 19.9 Å². The Kier molecular flexibility index (Phi) is 5.30. The van der Waals surface area contributed by atoms with Gasteiger partial charge in [-0.2, -0.15) is 4.98 Å². The summed E-state index contributed by atoms with van der Waals surface area (Å²) in [7, 11) is 1.88. The Morgan fingerprint density at radius 2 is 2.42 bits per heavy atom. The van der Waals surface area contributed by atoms with E-state index in [0.29, 0.717) is 18.3 Å². The minimum atomic E-state index is 0.0865. The number of amides is 1. The lowest BCUT2D eigenvalue weighted by Crippen LogP contribution is -2.39. The highest BCUT2D eigenvalue weighted by molar-refractivity contribution is 7.10. The molecule has 1 aliphatic rings. The predicted octanol–water partition coefficient (Wildman–Crippen LogP) is 3.05. The molecule has 3 rings (SSSR count). The largest absolute Gasteiger partial charge is 0.339 e. The molecule has 0 saturated carbocycles. The number of nitrogens with zero attached hydrogens (tertiary/aromatic N) is 4. The molecule has 0 aromatic carbocycles. The Hall–Kier alpha value is -1.73. The molecule has 7 heteroatoms. The van der Waals surface area contributed by atoms with E-state index < -0.39 is 0 Å². The number of aromatic nitrogens is 2. The Bertz CT molecular complexity index is 670. The number of carbonyl (C=O) groups excluding carboxylic acids is 1. The molecule has 0 spiro atoms. The van der Waals surface area contributed by atoms with E-state index in [-0.39, 0.29) is 18.0 Å². The number of rotatable bonds is 6. The molecule has 2 aromatic rings. The average molecular weight is 348 g/mol. The van der Waals surface area contributed by atoms with Crippen LogP contribution in [0.4, 0.5) is 0 Å². The summed E-state index contributed by atoms with van der Waals surface area (Å²) in [6, 6.07) is 4.27. The van der Waals surface area contributed by atoms with E-state index in [1.54, 1.807) is 11.3 Å². The maximum Gasteiger partial charge on any atom is 0.237 e. The van der Waals surface area contributed by atoms with Gasteiger partial charge in [0.15, 0.2) is 5.82 Å². The second-order valence-electron chi connectivity index (χ2n) is 6.22. The number of carbonyl (C=O) groups is 1. The van der Waals surface area contributed by atoms with Gasteiger partial charge >= 0.3 is 0 Å². The van der Waals surface area contributed by atoms with Crippen molar-refractivity contribution in [3.63, 3.8) is 0 Å². The van der Waals surface area contributed by atoms with E-state index in [4.69, 9.17) is 4.52 Å². The van der Waals surface area contributed by atoms with Crippen molar-refractivity contribution in [2.45, 2.75) is 45.2 Å². The van der Waals surface area contributed by atoms with Crippen LogP contribution in [0.5, 0.6) is 0 Å². The summed E-state index contributed by atoms with van der Waals surface area (Å²) in [5.41, 5.74) is 0. The van der Waals surface area contributed by atoms with E-state index in [9.17, 15) is 4.79 Å². The summed E-state index contributed by atoms with van der Waals surface area (Å²) >= 11 is 1.68. The first-order chi connectivity index (χ1) is 11.6. The number of likely N-dealkylation sites (N-methyl/N-ethyl adjacent to an activating group) is 1. The standard InChI is InChI=1S/C17H24N4O2S/c1-4-15-18-17(19-23-15)13-7-5-9-21(13)11-16(22)20(3)12(2)14-8-6-10-24-14/h6,8,10,12-13H,4-5,7,9,11H2,1-3H3. The molecule has 1 aliphatic heterocycles. The molecule has 0 N–H and O–H groups in total. The second kappa shape index (κ2) is 7.44. The fourth-order valence-corrected chi connectivity index (χ4v) is 3.90. The number of hydrogen-bond acceptors (Lipinski definition) is 6. The molecule has 6 nitrogen and oxygen atoms in total. The lowest BCUT2D eigenvalue weighted by atomic mass is 10.2. The quantitative estimate of drug-likeness (QED) is 0.803. The maximum atomic E-state index is 12.7. The van der Waals surface area contributed by atoms with Gasteiger partial charge in [0.2, 0.25) is 11.8 Å². The van der Waals surface area contributed by atoms with Crippen LogP contribution in [0.2, 0.25) is 0 Å². The summed E-state index contributed by atoms with van der Waals surface area (Å²) < 4.78 is 5.23. The normalized spacial score (nSPS) is 19.5. The SMILES string of the molecule is CCc1nc(C2CCCN2CC(=O)N(C)C(C)c2cccs2)no1. The lowest BCUT2D eigenvalue weighted by Gasteiger charge is -2.28. The summed E-state index contributed by atoms with van der Waals surface area (Å²) in [6.45, 7) is 5.35. The minimum absolute atomic E-state index is 0.0865. The Labute approximate surface area is 146 Å². The zero-order valence-corrected chi connectivity index (χ0v) is 15.3. The van der Waals surface area contributed by atoms with E-state index in [2.05, 4.69) is 28.0 Å². The van der Waals surface area contributed by atoms with Crippen LogP contribution in [0.25, 0.3) is 0 Å². The first-order valence-corrected chi connectivity index (χ1v) is 9.33. The number of likely N-dealkylation sites (tertiary alicyclic amines) is 1. The summed E-state index contributed by atoms with van der Waals surface area (Å²) in [4.78, 5) is 22.3. The Morgan fingerprint density at radius 1 is 1.58 bits per heavy atom.